The van der Waals surface area contributed by atoms with Gasteiger partial charge in [-0.2, -0.15) is 0 Å². The van der Waals surface area contributed by atoms with Crippen molar-refractivity contribution < 1.29 is 29.1 Å². The van der Waals surface area contributed by atoms with Crippen molar-refractivity contribution in [3.05, 3.63) is 35.9 Å². The first-order chi connectivity index (χ1) is 11.9. The Kier molecular flexibility index (Phi) is 5.76. The van der Waals surface area contributed by atoms with E-state index in [4.69, 9.17) is 9.57 Å². The molecule has 3 atom stereocenters. The Morgan fingerprint density at radius 3 is 2.68 bits per heavy atom. The maximum Gasteiger partial charge on any atom is 0.334 e. The van der Waals surface area contributed by atoms with Crippen LogP contribution in [0, 0.1) is 5.92 Å². The number of carboxylic acid groups (broad SMARTS) is 1. The lowest BCUT2D eigenvalue weighted by atomic mass is 9.69. The summed E-state index contributed by atoms with van der Waals surface area (Å²) in [7, 11) is 0. The Bertz CT molecular complexity index is 637. The minimum atomic E-state index is -1.97. The molecule has 0 spiro atoms. The average molecular weight is 350 g/mol. The second kappa shape index (κ2) is 7.62. The first-order valence-electron chi connectivity index (χ1n) is 7.93. The molecule has 136 valence electrons. The van der Waals surface area contributed by atoms with Crippen LogP contribution >= 0.6 is 0 Å². The highest BCUT2D eigenvalue weighted by Crippen LogP contribution is 2.37. The lowest BCUT2D eigenvalue weighted by molar-refractivity contribution is -0.179. The summed E-state index contributed by atoms with van der Waals surface area (Å²) in [5.74, 6) is -3.03. The summed E-state index contributed by atoms with van der Waals surface area (Å²) in [5, 5.41) is 12.5. The Morgan fingerprint density at radius 1 is 1.40 bits per heavy atom. The highest BCUT2D eigenvalue weighted by atomic mass is 16.7. The van der Waals surface area contributed by atoms with Gasteiger partial charge in [-0.05, 0) is 18.9 Å². The van der Waals surface area contributed by atoms with Crippen LogP contribution in [0.3, 0.4) is 0 Å². The van der Waals surface area contributed by atoms with Gasteiger partial charge in [0.15, 0.2) is 0 Å². The van der Waals surface area contributed by atoms with Gasteiger partial charge in [-0.3, -0.25) is 19.7 Å². The molecule has 3 N–H and O–H groups in total. The largest absolute Gasteiger partial charge is 0.479 e. The smallest absolute Gasteiger partial charge is 0.334 e. The zero-order valence-electron chi connectivity index (χ0n) is 14.2. The second-order valence-corrected chi connectivity index (χ2v) is 6.24. The molecule has 1 heterocycles. The Morgan fingerprint density at radius 2 is 2.08 bits per heavy atom. The molecule has 1 saturated heterocycles. The maximum atomic E-state index is 12.6. The van der Waals surface area contributed by atoms with Gasteiger partial charge >= 0.3 is 5.97 Å². The fourth-order valence-corrected chi connectivity index (χ4v) is 3.08. The molecule has 2 rings (SSSR count). The van der Waals surface area contributed by atoms with Crippen LogP contribution in [0.4, 0.5) is 0 Å². The number of hydrogen-bond acceptors (Lipinski definition) is 6. The number of hydrogen-bond donors (Lipinski definition) is 3. The van der Waals surface area contributed by atoms with E-state index >= 15 is 0 Å². The summed E-state index contributed by atoms with van der Waals surface area (Å²) in [5.41, 5.74) is -0.0146. The molecule has 1 fully saturated rings. The topological polar surface area (TPSA) is 114 Å². The highest BCUT2D eigenvalue weighted by Gasteiger charge is 2.60. The van der Waals surface area contributed by atoms with Crippen LogP contribution in [0.2, 0.25) is 0 Å². The Labute approximate surface area is 145 Å². The van der Waals surface area contributed by atoms with Crippen molar-refractivity contribution in [2.24, 2.45) is 5.92 Å². The van der Waals surface area contributed by atoms with Gasteiger partial charge in [-0.1, -0.05) is 37.3 Å². The lowest BCUT2D eigenvalue weighted by Crippen LogP contribution is -2.73. The third kappa shape index (κ3) is 3.64. The second-order valence-electron chi connectivity index (χ2n) is 6.24. The van der Waals surface area contributed by atoms with Crippen LogP contribution in [0.5, 0.6) is 0 Å². The molecule has 0 saturated carbocycles. The molecule has 1 aromatic rings. The SMILES string of the molecule is CC1C(C)(OC=O)CCNC1(C(=O)O)C(=O)NOCc1ccccc1. The monoisotopic (exact) mass is 350 g/mol. The highest BCUT2D eigenvalue weighted by molar-refractivity contribution is 6.07. The van der Waals surface area contributed by atoms with E-state index in [2.05, 4.69) is 10.8 Å². The van der Waals surface area contributed by atoms with Crippen LogP contribution < -0.4 is 10.8 Å². The van der Waals surface area contributed by atoms with Crippen molar-refractivity contribution in [1.29, 1.82) is 0 Å². The number of aliphatic carboxylic acids is 1. The minimum absolute atomic E-state index is 0.0960. The number of amides is 1. The van der Waals surface area contributed by atoms with Crippen molar-refractivity contribution in [2.75, 3.05) is 6.54 Å². The Hall–Kier alpha value is -2.45. The number of rotatable bonds is 7. The van der Waals surface area contributed by atoms with Crippen LogP contribution in [0.15, 0.2) is 30.3 Å². The predicted molar refractivity (Wildman–Crippen MR) is 87.1 cm³/mol. The molecule has 3 unspecified atom stereocenters. The van der Waals surface area contributed by atoms with Gasteiger partial charge < -0.3 is 9.84 Å². The molecule has 1 amide bonds. The summed E-state index contributed by atoms with van der Waals surface area (Å²) in [6, 6.07) is 9.13. The molecule has 0 aliphatic carbocycles. The van der Waals surface area contributed by atoms with Crippen molar-refractivity contribution in [3.63, 3.8) is 0 Å². The van der Waals surface area contributed by atoms with Crippen LogP contribution in [-0.2, 0) is 30.6 Å². The first-order valence-corrected chi connectivity index (χ1v) is 7.93. The van der Waals surface area contributed by atoms with Gasteiger partial charge in [0.2, 0.25) is 5.54 Å². The van der Waals surface area contributed by atoms with E-state index in [0.717, 1.165) is 5.56 Å². The molecule has 1 aliphatic rings. The van der Waals surface area contributed by atoms with Gasteiger partial charge in [0.05, 0.1) is 6.61 Å². The fourth-order valence-electron chi connectivity index (χ4n) is 3.08. The lowest BCUT2D eigenvalue weighted by Gasteiger charge is -2.47. The summed E-state index contributed by atoms with van der Waals surface area (Å²) in [6.07, 6.45) is 0.389. The number of carboxylic acids is 1. The van der Waals surface area contributed by atoms with E-state index < -0.39 is 28.9 Å². The first kappa shape index (κ1) is 18.9. The fraction of sp³-hybridized carbons (Fsp3) is 0.471. The molecule has 25 heavy (non-hydrogen) atoms. The zero-order valence-corrected chi connectivity index (χ0v) is 14.2. The number of ether oxygens (including phenoxy) is 1. The predicted octanol–water partition coefficient (Wildman–Crippen LogP) is 0.619. The van der Waals surface area contributed by atoms with Gasteiger partial charge in [-0.25, -0.2) is 10.3 Å². The number of carbonyl (C=O) groups excluding carboxylic acids is 2. The van der Waals surface area contributed by atoms with E-state index in [1.165, 1.54) is 0 Å². The van der Waals surface area contributed by atoms with E-state index in [1.807, 2.05) is 30.3 Å². The number of piperidine rings is 1. The molecule has 0 aromatic heterocycles. The van der Waals surface area contributed by atoms with E-state index in [0.29, 0.717) is 6.42 Å². The quantitative estimate of drug-likeness (QED) is 0.375. The van der Waals surface area contributed by atoms with Crippen molar-refractivity contribution in [2.45, 2.75) is 38.0 Å². The third-order valence-corrected chi connectivity index (χ3v) is 4.85. The van der Waals surface area contributed by atoms with Crippen LogP contribution in [0.25, 0.3) is 0 Å². The summed E-state index contributed by atoms with van der Waals surface area (Å²) in [6.45, 7) is 3.74. The van der Waals surface area contributed by atoms with E-state index in [9.17, 15) is 19.5 Å². The van der Waals surface area contributed by atoms with E-state index in [-0.39, 0.29) is 19.6 Å². The van der Waals surface area contributed by atoms with Crippen molar-refractivity contribution >= 4 is 18.3 Å². The molecular formula is C17H22N2O6. The number of benzene rings is 1. The molecule has 1 aliphatic heterocycles. The number of hydroxylamine groups is 1. The zero-order chi connectivity index (χ0) is 18.5. The number of nitrogens with one attached hydrogen (secondary N) is 2. The summed E-state index contributed by atoms with van der Waals surface area (Å²) >= 11 is 0. The van der Waals surface area contributed by atoms with Gasteiger partial charge in [0.1, 0.15) is 5.60 Å². The van der Waals surface area contributed by atoms with Gasteiger partial charge in [0.25, 0.3) is 12.4 Å². The number of carbonyl (C=O) groups is 3. The summed E-state index contributed by atoms with van der Waals surface area (Å²) in [4.78, 5) is 40.5. The normalized spacial score (nSPS) is 28.8. The van der Waals surface area contributed by atoms with Gasteiger partial charge in [-0.15, -0.1) is 0 Å². The standard InChI is InChI=1S/C17H22N2O6/c1-12-16(2,24-11-20)8-9-18-17(12,15(22)23)14(21)19-25-10-13-6-4-3-5-7-13/h3-7,11-12,18H,8-10H2,1-2H3,(H,19,21)(H,22,23). The average Bonchev–Trinajstić information content (AvgIpc) is 2.58. The molecule has 0 radical (unpaired) electrons. The molecule has 8 heteroatoms. The minimum Gasteiger partial charge on any atom is -0.479 e. The third-order valence-electron chi connectivity index (χ3n) is 4.85. The maximum absolute atomic E-state index is 12.6. The van der Waals surface area contributed by atoms with Crippen molar-refractivity contribution in [1.82, 2.24) is 10.8 Å². The Balaban J connectivity index is 2.13. The van der Waals surface area contributed by atoms with Crippen LogP contribution in [-0.4, -0.2) is 41.1 Å². The van der Waals surface area contributed by atoms with E-state index in [1.54, 1.807) is 13.8 Å². The molecule has 0 bridgehead atoms. The van der Waals surface area contributed by atoms with Gasteiger partial charge in [0, 0.05) is 12.5 Å². The van der Waals surface area contributed by atoms with Crippen LogP contribution in [0.1, 0.15) is 25.8 Å². The molecular weight excluding hydrogens is 328 g/mol. The van der Waals surface area contributed by atoms with Crippen molar-refractivity contribution in [3.8, 4) is 0 Å². The molecule has 1 aromatic carbocycles. The molecule has 8 nitrogen and oxygen atoms in total. The summed E-state index contributed by atoms with van der Waals surface area (Å²) < 4.78 is 5.11.